The second kappa shape index (κ2) is 7.32. The number of carbonyl (C=O) groups excluding carboxylic acids is 1. The minimum absolute atomic E-state index is 0.00735. The average molecular weight is 326 g/mol. The third-order valence-electron chi connectivity index (χ3n) is 2.92. The number of carbonyl (C=O) groups is 1. The molecule has 1 aliphatic rings. The van der Waals surface area contributed by atoms with Gasteiger partial charge in [-0.2, -0.15) is 5.26 Å². The lowest BCUT2D eigenvalue weighted by Crippen LogP contribution is -2.33. The number of hydrogen-bond acceptors (Lipinski definition) is 4. The summed E-state index contributed by atoms with van der Waals surface area (Å²) in [7, 11) is 0. The van der Waals surface area contributed by atoms with Crippen LogP contribution in [0.3, 0.4) is 0 Å². The normalized spacial score (nSPS) is 15.5. The van der Waals surface area contributed by atoms with Gasteiger partial charge < -0.3 is 15.0 Å². The van der Waals surface area contributed by atoms with Gasteiger partial charge in [0.05, 0.1) is 28.9 Å². The molecule has 1 aromatic rings. The van der Waals surface area contributed by atoms with E-state index in [1.807, 2.05) is 11.0 Å². The van der Waals surface area contributed by atoms with E-state index in [4.69, 9.17) is 33.2 Å². The molecule has 0 atom stereocenters. The molecule has 1 aliphatic heterocycles. The van der Waals surface area contributed by atoms with Crippen molar-refractivity contribution in [2.45, 2.75) is 0 Å². The molecule has 2 rings (SSSR count). The zero-order chi connectivity index (χ0) is 15.2. The smallest absolute Gasteiger partial charge is 0.267 e. The van der Waals surface area contributed by atoms with Crippen molar-refractivity contribution in [1.29, 1.82) is 5.26 Å². The van der Waals surface area contributed by atoms with Gasteiger partial charge in [-0.3, -0.25) is 4.79 Å². The van der Waals surface area contributed by atoms with Gasteiger partial charge in [-0.25, -0.2) is 0 Å². The van der Waals surface area contributed by atoms with Gasteiger partial charge in [0.2, 0.25) is 0 Å². The van der Waals surface area contributed by atoms with Gasteiger partial charge >= 0.3 is 0 Å². The average Bonchev–Trinajstić information content (AvgIpc) is 2.50. The molecule has 7 heteroatoms. The van der Waals surface area contributed by atoms with E-state index in [9.17, 15) is 4.79 Å². The summed E-state index contributed by atoms with van der Waals surface area (Å²) in [5, 5.41) is 12.3. The lowest BCUT2D eigenvalue weighted by atomic mass is 10.2. The largest absolute Gasteiger partial charge is 0.378 e. The third-order valence-corrected chi connectivity index (χ3v) is 3.74. The Labute approximate surface area is 132 Å². The summed E-state index contributed by atoms with van der Waals surface area (Å²) in [6.07, 6.45) is 1.54. The van der Waals surface area contributed by atoms with Crippen LogP contribution in [-0.4, -0.2) is 37.1 Å². The highest BCUT2D eigenvalue weighted by Gasteiger charge is 2.15. The highest BCUT2D eigenvalue weighted by Crippen LogP contribution is 2.29. The van der Waals surface area contributed by atoms with Crippen LogP contribution >= 0.6 is 23.2 Å². The summed E-state index contributed by atoms with van der Waals surface area (Å²) in [6, 6.07) is 6.80. The summed E-state index contributed by atoms with van der Waals surface area (Å²) in [5.74, 6) is -0.520. The molecule has 0 aromatic heterocycles. The maximum absolute atomic E-state index is 12.1. The topological polar surface area (TPSA) is 65.4 Å². The monoisotopic (exact) mass is 325 g/mol. The van der Waals surface area contributed by atoms with Gasteiger partial charge in [0.25, 0.3) is 5.91 Å². The molecular weight excluding hydrogens is 313 g/mol. The number of ether oxygens (including phenoxy) is 1. The standard InChI is InChI=1S/C14H13Cl2N3O2/c15-11-2-1-3-12(13(11)16)18-14(20)10(8-17)9-19-4-6-21-7-5-19/h1-3,9H,4-7H2,(H,18,20)/b10-9-. The number of benzene rings is 1. The molecule has 0 unspecified atom stereocenters. The second-order valence-corrected chi connectivity index (χ2v) is 5.14. The van der Waals surface area contributed by atoms with Gasteiger partial charge in [0.15, 0.2) is 0 Å². The van der Waals surface area contributed by atoms with E-state index in [1.54, 1.807) is 18.2 Å². The fourth-order valence-electron chi connectivity index (χ4n) is 1.82. The van der Waals surface area contributed by atoms with Crippen LogP contribution in [0.4, 0.5) is 5.69 Å². The van der Waals surface area contributed by atoms with Crippen molar-refractivity contribution in [2.24, 2.45) is 0 Å². The van der Waals surface area contributed by atoms with E-state index >= 15 is 0 Å². The maximum atomic E-state index is 12.1. The van der Waals surface area contributed by atoms with E-state index in [0.717, 1.165) is 0 Å². The molecule has 1 aromatic carbocycles. The number of nitriles is 1. The van der Waals surface area contributed by atoms with Gasteiger partial charge in [0.1, 0.15) is 11.6 Å². The Morgan fingerprint density at radius 2 is 2.10 bits per heavy atom. The number of rotatable bonds is 3. The molecule has 0 bridgehead atoms. The van der Waals surface area contributed by atoms with Gasteiger partial charge in [-0.15, -0.1) is 0 Å². The molecule has 0 radical (unpaired) electrons. The van der Waals surface area contributed by atoms with Crippen molar-refractivity contribution in [2.75, 3.05) is 31.6 Å². The van der Waals surface area contributed by atoms with Crippen molar-refractivity contribution in [1.82, 2.24) is 4.90 Å². The zero-order valence-corrected chi connectivity index (χ0v) is 12.6. The van der Waals surface area contributed by atoms with Crippen molar-refractivity contribution in [3.63, 3.8) is 0 Å². The number of amides is 1. The van der Waals surface area contributed by atoms with E-state index < -0.39 is 5.91 Å². The van der Waals surface area contributed by atoms with Crippen LogP contribution in [0.25, 0.3) is 0 Å². The van der Waals surface area contributed by atoms with Gasteiger partial charge in [0, 0.05) is 19.3 Å². The molecule has 0 aliphatic carbocycles. The van der Waals surface area contributed by atoms with Crippen LogP contribution in [0.5, 0.6) is 0 Å². The van der Waals surface area contributed by atoms with Crippen molar-refractivity contribution in [3.05, 3.63) is 40.0 Å². The fourth-order valence-corrected chi connectivity index (χ4v) is 2.17. The minimum Gasteiger partial charge on any atom is -0.378 e. The van der Waals surface area contributed by atoms with E-state index in [0.29, 0.717) is 37.0 Å². The second-order valence-electron chi connectivity index (χ2n) is 4.36. The number of nitrogens with one attached hydrogen (secondary N) is 1. The molecule has 1 saturated heterocycles. The quantitative estimate of drug-likeness (QED) is 0.685. The predicted octanol–water partition coefficient (Wildman–Crippen LogP) is 2.67. The Bertz CT molecular complexity index is 605. The van der Waals surface area contributed by atoms with Crippen LogP contribution < -0.4 is 5.32 Å². The molecule has 0 saturated carbocycles. The van der Waals surface area contributed by atoms with Crippen LogP contribution in [0.2, 0.25) is 10.0 Å². The lowest BCUT2D eigenvalue weighted by molar-refractivity contribution is -0.112. The first-order valence-corrected chi connectivity index (χ1v) is 7.06. The molecule has 21 heavy (non-hydrogen) atoms. The van der Waals surface area contributed by atoms with Crippen LogP contribution in [0.1, 0.15) is 0 Å². The molecule has 1 amide bonds. The lowest BCUT2D eigenvalue weighted by Gasteiger charge is -2.25. The predicted molar refractivity (Wildman–Crippen MR) is 81.2 cm³/mol. The summed E-state index contributed by atoms with van der Waals surface area (Å²) >= 11 is 11.9. The van der Waals surface area contributed by atoms with Crippen molar-refractivity contribution >= 4 is 34.8 Å². The van der Waals surface area contributed by atoms with Crippen LogP contribution in [-0.2, 0) is 9.53 Å². The number of anilines is 1. The Kier molecular flexibility index (Phi) is 5.45. The SMILES string of the molecule is N#C/C(=C/N1CCOCC1)C(=O)Nc1cccc(Cl)c1Cl. The van der Waals surface area contributed by atoms with Crippen LogP contribution in [0.15, 0.2) is 30.0 Å². The highest BCUT2D eigenvalue weighted by molar-refractivity contribution is 6.44. The van der Waals surface area contributed by atoms with Gasteiger partial charge in [-0.1, -0.05) is 29.3 Å². The number of nitrogens with zero attached hydrogens (tertiary/aromatic N) is 2. The number of morpholine rings is 1. The molecule has 1 fully saturated rings. The molecule has 1 N–H and O–H groups in total. The molecule has 0 spiro atoms. The van der Waals surface area contributed by atoms with E-state index in [1.165, 1.54) is 6.20 Å². The first kappa shape index (κ1) is 15.6. The van der Waals surface area contributed by atoms with Crippen LogP contribution in [0, 0.1) is 11.3 Å². The first-order valence-electron chi connectivity index (χ1n) is 6.31. The Morgan fingerprint density at radius 3 is 2.76 bits per heavy atom. The number of halogens is 2. The Hall–Kier alpha value is -1.74. The first-order chi connectivity index (χ1) is 10.1. The summed E-state index contributed by atoms with van der Waals surface area (Å²) in [6.45, 7) is 2.46. The van der Waals surface area contributed by atoms with E-state index in [2.05, 4.69) is 5.32 Å². The Morgan fingerprint density at radius 1 is 1.38 bits per heavy atom. The summed E-state index contributed by atoms with van der Waals surface area (Å²) in [4.78, 5) is 14.0. The third kappa shape index (κ3) is 4.11. The van der Waals surface area contributed by atoms with Crippen molar-refractivity contribution in [3.8, 4) is 6.07 Å². The van der Waals surface area contributed by atoms with Crippen molar-refractivity contribution < 1.29 is 9.53 Å². The van der Waals surface area contributed by atoms with E-state index in [-0.39, 0.29) is 10.6 Å². The Balaban J connectivity index is 2.11. The molecule has 5 nitrogen and oxygen atoms in total. The number of hydrogen-bond donors (Lipinski definition) is 1. The van der Waals surface area contributed by atoms with Gasteiger partial charge in [-0.05, 0) is 12.1 Å². The summed E-state index contributed by atoms with van der Waals surface area (Å²) < 4.78 is 5.21. The molecular formula is C14H13Cl2N3O2. The maximum Gasteiger partial charge on any atom is 0.267 e. The molecule has 1 heterocycles. The molecule has 110 valence electrons. The minimum atomic E-state index is -0.520. The highest BCUT2D eigenvalue weighted by atomic mass is 35.5. The fraction of sp³-hybridized carbons (Fsp3) is 0.286. The summed E-state index contributed by atoms with van der Waals surface area (Å²) in [5.41, 5.74) is 0.380. The zero-order valence-electron chi connectivity index (χ0n) is 11.1.